The SMILES string of the molecule is COc1ccc(C(=O)NC(C(=O)N(C)CCCC(=O)O)C(C)C)cc1. The molecule has 25 heavy (non-hydrogen) atoms. The number of rotatable bonds is 9. The summed E-state index contributed by atoms with van der Waals surface area (Å²) >= 11 is 0. The molecule has 0 aromatic heterocycles. The summed E-state index contributed by atoms with van der Waals surface area (Å²) in [6.07, 6.45) is 0.372. The number of carbonyl (C=O) groups is 3. The van der Waals surface area contributed by atoms with Crippen molar-refractivity contribution in [3.8, 4) is 5.75 Å². The fourth-order valence-corrected chi connectivity index (χ4v) is 2.30. The van der Waals surface area contributed by atoms with Crippen molar-refractivity contribution >= 4 is 17.8 Å². The lowest BCUT2D eigenvalue weighted by Gasteiger charge is -2.27. The third kappa shape index (κ3) is 6.45. The van der Waals surface area contributed by atoms with E-state index in [4.69, 9.17) is 9.84 Å². The first-order valence-electron chi connectivity index (χ1n) is 8.18. The largest absolute Gasteiger partial charge is 0.497 e. The van der Waals surface area contributed by atoms with E-state index in [9.17, 15) is 14.4 Å². The average molecular weight is 350 g/mol. The molecule has 138 valence electrons. The first kappa shape index (κ1) is 20.5. The molecule has 0 heterocycles. The zero-order valence-corrected chi connectivity index (χ0v) is 15.1. The minimum absolute atomic E-state index is 0.00216. The fourth-order valence-electron chi connectivity index (χ4n) is 2.30. The average Bonchev–Trinajstić information content (AvgIpc) is 2.58. The van der Waals surface area contributed by atoms with Gasteiger partial charge in [0, 0.05) is 25.6 Å². The summed E-state index contributed by atoms with van der Waals surface area (Å²) in [5, 5.41) is 11.4. The maximum atomic E-state index is 12.6. The van der Waals surface area contributed by atoms with Gasteiger partial charge in [0.05, 0.1) is 7.11 Å². The van der Waals surface area contributed by atoms with E-state index in [2.05, 4.69) is 5.32 Å². The number of nitrogens with zero attached hydrogens (tertiary/aromatic N) is 1. The number of likely N-dealkylation sites (N-methyl/N-ethyl adjacent to an activating group) is 1. The van der Waals surface area contributed by atoms with Crippen LogP contribution in [0.2, 0.25) is 0 Å². The van der Waals surface area contributed by atoms with Crippen LogP contribution in [0.15, 0.2) is 24.3 Å². The van der Waals surface area contributed by atoms with Crippen molar-refractivity contribution in [2.75, 3.05) is 20.7 Å². The highest BCUT2D eigenvalue weighted by Crippen LogP contribution is 2.13. The molecule has 2 N–H and O–H groups in total. The van der Waals surface area contributed by atoms with Crippen molar-refractivity contribution in [2.24, 2.45) is 5.92 Å². The Morgan fingerprint density at radius 1 is 1.20 bits per heavy atom. The van der Waals surface area contributed by atoms with Crippen molar-refractivity contribution in [3.05, 3.63) is 29.8 Å². The molecule has 7 nitrogen and oxygen atoms in total. The Morgan fingerprint density at radius 3 is 2.28 bits per heavy atom. The Hall–Kier alpha value is -2.57. The van der Waals surface area contributed by atoms with E-state index in [0.29, 0.717) is 24.3 Å². The van der Waals surface area contributed by atoms with Crippen molar-refractivity contribution in [3.63, 3.8) is 0 Å². The number of methoxy groups -OCH3 is 1. The van der Waals surface area contributed by atoms with E-state index >= 15 is 0 Å². The summed E-state index contributed by atoms with van der Waals surface area (Å²) in [5.41, 5.74) is 0.438. The van der Waals surface area contributed by atoms with Gasteiger partial charge in [-0.25, -0.2) is 0 Å². The lowest BCUT2D eigenvalue weighted by Crippen LogP contribution is -2.50. The van der Waals surface area contributed by atoms with Crippen molar-refractivity contribution in [1.82, 2.24) is 10.2 Å². The van der Waals surface area contributed by atoms with Gasteiger partial charge in [-0.05, 0) is 36.6 Å². The molecule has 2 amide bonds. The summed E-state index contributed by atoms with van der Waals surface area (Å²) < 4.78 is 5.06. The Balaban J connectivity index is 2.72. The third-order valence-corrected chi connectivity index (χ3v) is 3.83. The van der Waals surface area contributed by atoms with E-state index in [1.54, 1.807) is 38.4 Å². The fraction of sp³-hybridized carbons (Fsp3) is 0.500. The lowest BCUT2D eigenvalue weighted by atomic mass is 10.0. The molecular formula is C18H26N2O5. The number of carboxylic acids is 1. The molecular weight excluding hydrogens is 324 g/mol. The first-order valence-corrected chi connectivity index (χ1v) is 8.18. The first-order chi connectivity index (χ1) is 11.8. The highest BCUT2D eigenvalue weighted by Gasteiger charge is 2.27. The molecule has 0 radical (unpaired) electrons. The number of carbonyl (C=O) groups excluding carboxylic acids is 2. The van der Waals surface area contributed by atoms with Gasteiger partial charge in [-0.2, -0.15) is 0 Å². The second kappa shape index (κ2) is 9.66. The highest BCUT2D eigenvalue weighted by atomic mass is 16.5. The summed E-state index contributed by atoms with van der Waals surface area (Å²) in [6, 6.07) is 5.95. The van der Waals surface area contributed by atoms with Crippen LogP contribution in [-0.4, -0.2) is 54.5 Å². The van der Waals surface area contributed by atoms with Crippen LogP contribution in [-0.2, 0) is 9.59 Å². The molecule has 0 aliphatic rings. The number of aliphatic carboxylic acids is 1. The van der Waals surface area contributed by atoms with E-state index in [-0.39, 0.29) is 24.2 Å². The number of carboxylic acid groups (broad SMARTS) is 1. The predicted octanol–water partition coefficient (Wildman–Crippen LogP) is 1.77. The summed E-state index contributed by atoms with van der Waals surface area (Å²) in [4.78, 5) is 37.0. The molecule has 1 aromatic rings. The zero-order valence-electron chi connectivity index (χ0n) is 15.1. The van der Waals surface area contributed by atoms with Crippen LogP contribution in [0.4, 0.5) is 0 Å². The van der Waals surface area contributed by atoms with Gasteiger partial charge in [-0.1, -0.05) is 13.8 Å². The molecule has 0 spiro atoms. The zero-order chi connectivity index (χ0) is 19.0. The van der Waals surface area contributed by atoms with E-state index < -0.39 is 12.0 Å². The Labute approximate surface area is 148 Å². The molecule has 1 atom stereocenters. The third-order valence-electron chi connectivity index (χ3n) is 3.83. The highest BCUT2D eigenvalue weighted by molar-refractivity contribution is 5.97. The van der Waals surface area contributed by atoms with Crippen LogP contribution in [0.5, 0.6) is 5.75 Å². The predicted molar refractivity (Wildman–Crippen MR) is 93.6 cm³/mol. The number of ether oxygens (including phenoxy) is 1. The smallest absolute Gasteiger partial charge is 0.303 e. The monoisotopic (exact) mass is 350 g/mol. The van der Waals surface area contributed by atoms with Gasteiger partial charge in [-0.3, -0.25) is 14.4 Å². The molecule has 7 heteroatoms. The van der Waals surface area contributed by atoms with Crippen LogP contribution < -0.4 is 10.1 Å². The van der Waals surface area contributed by atoms with Gasteiger partial charge < -0.3 is 20.1 Å². The maximum Gasteiger partial charge on any atom is 0.303 e. The molecule has 0 saturated carbocycles. The van der Waals surface area contributed by atoms with Crippen molar-refractivity contribution in [2.45, 2.75) is 32.7 Å². The number of hydrogen-bond donors (Lipinski definition) is 2. The van der Waals surface area contributed by atoms with E-state index in [1.165, 1.54) is 4.90 Å². The summed E-state index contributed by atoms with van der Waals surface area (Å²) in [6.45, 7) is 4.02. The second-order valence-electron chi connectivity index (χ2n) is 6.18. The molecule has 0 aliphatic carbocycles. The van der Waals surface area contributed by atoms with Crippen molar-refractivity contribution in [1.29, 1.82) is 0 Å². The Kier molecular flexibility index (Phi) is 7.91. The molecule has 0 fully saturated rings. The number of benzene rings is 1. The number of nitrogens with one attached hydrogen (secondary N) is 1. The van der Waals surface area contributed by atoms with Gasteiger partial charge in [-0.15, -0.1) is 0 Å². The maximum absolute atomic E-state index is 12.6. The number of amides is 2. The summed E-state index contributed by atoms with van der Waals surface area (Å²) in [7, 11) is 3.15. The molecule has 0 aliphatic heterocycles. The van der Waals surface area contributed by atoms with Gasteiger partial charge in [0.15, 0.2) is 0 Å². The molecule has 0 bridgehead atoms. The van der Waals surface area contributed by atoms with E-state index in [1.807, 2.05) is 13.8 Å². The molecule has 1 aromatic carbocycles. The van der Waals surface area contributed by atoms with Gasteiger partial charge in [0.25, 0.3) is 5.91 Å². The quantitative estimate of drug-likeness (QED) is 0.708. The molecule has 0 saturated heterocycles. The van der Waals surface area contributed by atoms with Gasteiger partial charge in [0.2, 0.25) is 5.91 Å². The number of hydrogen-bond acceptors (Lipinski definition) is 4. The molecule has 1 unspecified atom stereocenters. The Bertz CT molecular complexity index is 598. The topological polar surface area (TPSA) is 95.9 Å². The van der Waals surface area contributed by atoms with Crippen LogP contribution in [0.3, 0.4) is 0 Å². The van der Waals surface area contributed by atoms with Crippen LogP contribution in [0, 0.1) is 5.92 Å². The van der Waals surface area contributed by atoms with Crippen molar-refractivity contribution < 1.29 is 24.2 Å². The Morgan fingerprint density at radius 2 is 1.80 bits per heavy atom. The molecule has 1 rings (SSSR count). The summed E-state index contributed by atoms with van der Waals surface area (Å²) in [5.74, 6) is -0.923. The lowest BCUT2D eigenvalue weighted by molar-refractivity contribution is -0.138. The minimum atomic E-state index is -0.894. The minimum Gasteiger partial charge on any atom is -0.497 e. The van der Waals surface area contributed by atoms with E-state index in [0.717, 1.165) is 0 Å². The van der Waals surface area contributed by atoms with Crippen LogP contribution in [0.1, 0.15) is 37.0 Å². The van der Waals surface area contributed by atoms with Gasteiger partial charge in [0.1, 0.15) is 11.8 Å². The van der Waals surface area contributed by atoms with Crippen LogP contribution in [0.25, 0.3) is 0 Å². The standard InChI is InChI=1S/C18H26N2O5/c1-12(2)16(18(24)20(3)11-5-6-15(21)22)19-17(23)13-7-9-14(25-4)10-8-13/h7-10,12,16H,5-6,11H2,1-4H3,(H,19,23)(H,21,22). The normalized spacial score (nSPS) is 11.7. The van der Waals surface area contributed by atoms with Crippen LogP contribution >= 0.6 is 0 Å². The van der Waals surface area contributed by atoms with Gasteiger partial charge >= 0.3 is 5.97 Å². The second-order valence-corrected chi connectivity index (χ2v) is 6.18.